The summed E-state index contributed by atoms with van der Waals surface area (Å²) in [7, 11) is 8.32. The van der Waals surface area contributed by atoms with Crippen LogP contribution in [0.3, 0.4) is 0 Å². The first kappa shape index (κ1) is 24.1. The van der Waals surface area contributed by atoms with Crippen LogP contribution in [0.25, 0.3) is 0 Å². The molecule has 0 N–H and O–H groups in total. The Kier molecular flexibility index (Phi) is 7.05. The summed E-state index contributed by atoms with van der Waals surface area (Å²) in [6.45, 7) is 1.16. The lowest BCUT2D eigenvalue weighted by Crippen LogP contribution is -2.47. The second-order valence-electron chi connectivity index (χ2n) is 9.12. The van der Waals surface area contributed by atoms with E-state index in [9.17, 15) is 10.1 Å². The van der Waals surface area contributed by atoms with Crippen molar-refractivity contribution in [2.75, 3.05) is 60.5 Å². The number of piperidine rings is 1. The average Bonchev–Trinajstić information content (AvgIpc) is 3.37. The first-order valence-corrected chi connectivity index (χ1v) is 11.2. The zero-order valence-corrected chi connectivity index (χ0v) is 19.9. The van der Waals surface area contributed by atoms with Gasteiger partial charge in [-0.2, -0.15) is 10.3 Å². The maximum Gasteiger partial charge on any atom is 0.258 e. The van der Waals surface area contributed by atoms with Gasteiger partial charge in [0.2, 0.25) is 0 Å². The van der Waals surface area contributed by atoms with Crippen molar-refractivity contribution in [3.63, 3.8) is 0 Å². The Balaban J connectivity index is 1.80. The summed E-state index contributed by atoms with van der Waals surface area (Å²) < 4.78 is 22.0. The van der Waals surface area contributed by atoms with Gasteiger partial charge in [0.25, 0.3) is 5.91 Å². The number of hydrogen-bond donors (Lipinski definition) is 0. The van der Waals surface area contributed by atoms with Crippen LogP contribution in [0, 0.1) is 34.5 Å². The van der Waals surface area contributed by atoms with Gasteiger partial charge >= 0.3 is 0 Å². The largest absolute Gasteiger partial charge is 0.359 e. The predicted octanol–water partition coefficient (Wildman–Crippen LogP) is 1.99. The Morgan fingerprint density at radius 2 is 1.94 bits per heavy atom. The number of hydroxylamine groups is 1. The van der Waals surface area contributed by atoms with E-state index in [0.717, 1.165) is 11.3 Å². The normalized spacial score (nSPS) is 33.2. The van der Waals surface area contributed by atoms with E-state index < -0.39 is 17.6 Å². The van der Waals surface area contributed by atoms with Crippen LogP contribution in [0.15, 0.2) is 24.3 Å². The fourth-order valence-electron chi connectivity index (χ4n) is 6.68. The van der Waals surface area contributed by atoms with Crippen molar-refractivity contribution < 1.29 is 28.6 Å². The lowest BCUT2D eigenvalue weighted by Gasteiger charge is -2.40. The maximum atomic E-state index is 13.6. The molecule has 0 aromatic heterocycles. The van der Waals surface area contributed by atoms with Crippen molar-refractivity contribution >= 4 is 11.6 Å². The molecular formula is C24H33N3O6. The van der Waals surface area contributed by atoms with Gasteiger partial charge in [-0.25, -0.2) is 0 Å². The fraction of sp³-hybridized carbons (Fsp3) is 0.667. The number of nitrogens with zero attached hydrogens (tertiary/aromatic N) is 3. The molecule has 4 unspecified atom stereocenters. The van der Waals surface area contributed by atoms with Gasteiger partial charge < -0.3 is 23.8 Å². The molecule has 2 aliphatic heterocycles. The molecule has 1 aromatic rings. The minimum absolute atomic E-state index is 0.00732. The molecule has 1 saturated heterocycles. The molecule has 2 fully saturated rings. The number of rotatable bonds is 10. The molecule has 2 bridgehead atoms. The molecule has 0 spiro atoms. The van der Waals surface area contributed by atoms with Gasteiger partial charge in [0.05, 0.1) is 36.8 Å². The van der Waals surface area contributed by atoms with Gasteiger partial charge in [0.1, 0.15) is 6.79 Å². The summed E-state index contributed by atoms with van der Waals surface area (Å²) in [4.78, 5) is 21.3. The second kappa shape index (κ2) is 9.66. The summed E-state index contributed by atoms with van der Waals surface area (Å²) in [6, 6.07) is 10.3. The molecule has 33 heavy (non-hydrogen) atoms. The average molecular weight is 460 g/mol. The van der Waals surface area contributed by atoms with Crippen molar-refractivity contribution in [2.24, 2.45) is 23.2 Å². The molecule has 0 radical (unpaired) electrons. The number of likely N-dealkylation sites (tertiary alicyclic amines) is 1. The standard InChI is InChI=1S/C24H33N3O6/c1-26-13-24(12-25)17(10-19(30-3)31-4)16(11-33-14-29-2)22(26)21(24)20-15-8-6-7-9-18(15)27(32-5)23(20)28/h6-9,16-17,19-22H,10-11,13-14H2,1-5H3/t16?,17?,20-,21-,22?,24?/m1/s1. The van der Waals surface area contributed by atoms with Crippen LogP contribution in [0.5, 0.6) is 0 Å². The van der Waals surface area contributed by atoms with Gasteiger partial charge in [-0.15, -0.1) is 0 Å². The molecule has 1 amide bonds. The van der Waals surface area contributed by atoms with E-state index in [1.54, 1.807) is 21.3 Å². The summed E-state index contributed by atoms with van der Waals surface area (Å²) in [6.07, 6.45) is 0.0939. The Morgan fingerprint density at radius 3 is 2.58 bits per heavy atom. The van der Waals surface area contributed by atoms with Gasteiger partial charge in [0.15, 0.2) is 6.29 Å². The highest BCUT2D eigenvalue weighted by atomic mass is 16.7. The number of amides is 1. The number of para-hydroxylation sites is 1. The van der Waals surface area contributed by atoms with Crippen LogP contribution in [-0.2, 0) is 28.6 Å². The third kappa shape index (κ3) is 3.66. The van der Waals surface area contributed by atoms with E-state index in [4.69, 9.17) is 23.8 Å². The Hall–Kier alpha value is -2.06. The van der Waals surface area contributed by atoms with E-state index in [0.29, 0.717) is 19.6 Å². The van der Waals surface area contributed by atoms with E-state index in [1.165, 1.54) is 12.2 Å². The number of ether oxygens (including phenoxy) is 4. The third-order valence-corrected chi connectivity index (χ3v) is 7.79. The van der Waals surface area contributed by atoms with Crippen LogP contribution in [0.4, 0.5) is 5.69 Å². The number of carbonyl (C=O) groups excluding carboxylic acids is 1. The first-order chi connectivity index (χ1) is 16.0. The van der Waals surface area contributed by atoms with Gasteiger partial charge in [-0.3, -0.25) is 9.63 Å². The summed E-state index contributed by atoms with van der Waals surface area (Å²) in [5.74, 6) is -0.901. The molecule has 1 saturated carbocycles. The quantitative estimate of drug-likeness (QED) is 0.387. The molecule has 3 aliphatic rings. The lowest BCUT2D eigenvalue weighted by molar-refractivity contribution is -0.132. The van der Waals surface area contributed by atoms with Crippen molar-refractivity contribution in [1.82, 2.24) is 4.90 Å². The van der Waals surface area contributed by atoms with Crippen LogP contribution in [-0.4, -0.2) is 78.6 Å². The number of fused-ring (bicyclic) bond motifs is 3. The summed E-state index contributed by atoms with van der Waals surface area (Å²) >= 11 is 0. The van der Waals surface area contributed by atoms with E-state index in [-0.39, 0.29) is 36.5 Å². The van der Waals surface area contributed by atoms with Crippen molar-refractivity contribution in [2.45, 2.75) is 24.7 Å². The highest BCUT2D eigenvalue weighted by Gasteiger charge is 2.70. The van der Waals surface area contributed by atoms with Crippen molar-refractivity contribution in [1.29, 1.82) is 5.26 Å². The molecular weight excluding hydrogens is 426 g/mol. The zero-order chi connectivity index (χ0) is 23.8. The molecule has 6 atom stereocenters. The highest BCUT2D eigenvalue weighted by Crippen LogP contribution is 2.65. The predicted molar refractivity (Wildman–Crippen MR) is 119 cm³/mol. The van der Waals surface area contributed by atoms with Crippen molar-refractivity contribution in [3.05, 3.63) is 29.8 Å². The van der Waals surface area contributed by atoms with Gasteiger partial charge in [0, 0.05) is 52.2 Å². The molecule has 1 aromatic carbocycles. The SMILES string of the molecule is COCOCC1C2[C@@H]([C@@H]3C(=O)N(OC)c4ccccc43)C(C#N)(CN2C)C1CC(OC)OC. The van der Waals surface area contributed by atoms with Gasteiger partial charge in [-0.05, 0) is 24.6 Å². The second-order valence-corrected chi connectivity index (χ2v) is 9.12. The first-order valence-electron chi connectivity index (χ1n) is 11.2. The summed E-state index contributed by atoms with van der Waals surface area (Å²) in [5.41, 5.74) is 0.876. The Morgan fingerprint density at radius 1 is 1.21 bits per heavy atom. The number of hydrogen-bond acceptors (Lipinski definition) is 8. The minimum Gasteiger partial charge on any atom is -0.359 e. The zero-order valence-electron chi connectivity index (χ0n) is 19.9. The molecule has 9 heteroatoms. The molecule has 1 aliphatic carbocycles. The van der Waals surface area contributed by atoms with Crippen LogP contribution in [0.1, 0.15) is 17.9 Å². The number of benzene rings is 1. The van der Waals surface area contributed by atoms with Gasteiger partial charge in [-0.1, -0.05) is 18.2 Å². The molecule has 180 valence electrons. The topological polar surface area (TPSA) is 93.5 Å². The number of anilines is 1. The summed E-state index contributed by atoms with van der Waals surface area (Å²) in [5, 5.41) is 12.0. The highest BCUT2D eigenvalue weighted by molar-refractivity contribution is 6.03. The van der Waals surface area contributed by atoms with E-state index in [2.05, 4.69) is 11.0 Å². The molecule has 9 nitrogen and oxygen atoms in total. The van der Waals surface area contributed by atoms with Crippen LogP contribution >= 0.6 is 0 Å². The smallest absolute Gasteiger partial charge is 0.258 e. The third-order valence-electron chi connectivity index (χ3n) is 7.79. The molecule has 4 rings (SSSR count). The van der Waals surface area contributed by atoms with E-state index in [1.807, 2.05) is 31.3 Å². The Labute approximate surface area is 195 Å². The fourth-order valence-corrected chi connectivity index (χ4v) is 6.68. The minimum atomic E-state index is -0.771. The maximum absolute atomic E-state index is 13.6. The van der Waals surface area contributed by atoms with Crippen LogP contribution < -0.4 is 5.06 Å². The number of carbonyl (C=O) groups is 1. The van der Waals surface area contributed by atoms with E-state index >= 15 is 0 Å². The number of nitriles is 1. The molecule has 2 heterocycles. The number of methoxy groups -OCH3 is 3. The van der Waals surface area contributed by atoms with Crippen LogP contribution in [0.2, 0.25) is 0 Å². The Bertz CT molecular complexity index is 902. The monoisotopic (exact) mass is 459 g/mol. The van der Waals surface area contributed by atoms with Crippen molar-refractivity contribution in [3.8, 4) is 6.07 Å². The lowest BCUT2D eigenvalue weighted by atomic mass is 9.66.